The van der Waals surface area contributed by atoms with Crippen LogP contribution in [0.1, 0.15) is 64.2 Å². The summed E-state index contributed by atoms with van der Waals surface area (Å²) in [5.41, 5.74) is 6.32. The van der Waals surface area contributed by atoms with Gasteiger partial charge in [-0.2, -0.15) is 0 Å². The van der Waals surface area contributed by atoms with Gasteiger partial charge in [0.2, 0.25) is 0 Å². The predicted octanol–water partition coefficient (Wildman–Crippen LogP) is 2.19. The summed E-state index contributed by atoms with van der Waals surface area (Å²) in [4.78, 5) is 11.9. The predicted molar refractivity (Wildman–Crippen MR) is 98.3 cm³/mol. The van der Waals surface area contributed by atoms with Crippen molar-refractivity contribution < 1.29 is 9.53 Å². The Hall–Kier alpha value is -1.56. The van der Waals surface area contributed by atoms with Crippen molar-refractivity contribution in [3.05, 3.63) is 11.4 Å². The molecule has 0 radical (unpaired) electrons. The van der Waals surface area contributed by atoms with Gasteiger partial charge in [-0.05, 0) is 44.9 Å². The van der Waals surface area contributed by atoms with Gasteiger partial charge in [0, 0.05) is 19.0 Å². The van der Waals surface area contributed by atoms with E-state index in [1.54, 1.807) is 0 Å². The first kappa shape index (κ1) is 18.2. The van der Waals surface area contributed by atoms with Crippen molar-refractivity contribution >= 4 is 11.6 Å². The zero-order chi connectivity index (χ0) is 17.6. The van der Waals surface area contributed by atoms with E-state index in [1.807, 2.05) is 0 Å². The Morgan fingerprint density at radius 1 is 0.920 bits per heavy atom. The molecule has 3 rings (SSSR count). The second kappa shape index (κ2) is 8.70. The molecule has 0 atom stereocenters. The maximum absolute atomic E-state index is 11.9. The monoisotopic (exact) mass is 348 g/mol. The van der Waals surface area contributed by atoms with E-state index in [1.165, 1.54) is 32.1 Å². The van der Waals surface area contributed by atoms with Crippen molar-refractivity contribution in [3.63, 3.8) is 0 Å². The van der Waals surface area contributed by atoms with Crippen LogP contribution in [-0.2, 0) is 9.53 Å². The van der Waals surface area contributed by atoms with Gasteiger partial charge in [-0.25, -0.2) is 0 Å². The average molecular weight is 348 g/mol. The number of amides is 1. The molecule has 2 saturated carbocycles. The summed E-state index contributed by atoms with van der Waals surface area (Å²) in [6, 6.07) is 0. The summed E-state index contributed by atoms with van der Waals surface area (Å²) in [6.45, 7) is 1.63. The van der Waals surface area contributed by atoms with Crippen molar-refractivity contribution in [1.29, 1.82) is 5.41 Å². The molecule has 6 nitrogen and oxygen atoms in total. The third-order valence-corrected chi connectivity index (χ3v) is 5.74. The van der Waals surface area contributed by atoms with Crippen LogP contribution in [0.5, 0.6) is 0 Å². The van der Waals surface area contributed by atoms with Crippen molar-refractivity contribution in [2.75, 3.05) is 13.1 Å². The molecule has 3 aliphatic rings. The minimum absolute atomic E-state index is 0.103. The highest BCUT2D eigenvalue weighted by atomic mass is 16.5. The largest absolute Gasteiger partial charge is 0.375 e. The Morgan fingerprint density at radius 2 is 1.52 bits per heavy atom. The Labute approximate surface area is 150 Å². The summed E-state index contributed by atoms with van der Waals surface area (Å²) in [6.07, 6.45) is 11.9. The van der Waals surface area contributed by atoms with Crippen LogP contribution >= 0.6 is 0 Å². The molecule has 0 spiro atoms. The molecule has 0 unspecified atom stereocenters. The molecule has 2 aliphatic carbocycles. The van der Waals surface area contributed by atoms with Gasteiger partial charge in [0.15, 0.2) is 0 Å². The highest BCUT2D eigenvalue weighted by molar-refractivity contribution is 6.21. The van der Waals surface area contributed by atoms with E-state index in [9.17, 15) is 4.79 Å². The Balaban J connectivity index is 1.55. The maximum atomic E-state index is 11.9. The molecule has 6 heteroatoms. The number of hydrogen-bond donors (Lipinski definition) is 4. The number of carbonyl (C=O) groups is 1. The molecule has 1 aliphatic heterocycles. The van der Waals surface area contributed by atoms with Crippen LogP contribution in [-0.4, -0.2) is 36.9 Å². The molecule has 0 bridgehead atoms. The first-order chi connectivity index (χ1) is 12.1. The molecule has 0 aromatic rings. The lowest BCUT2D eigenvalue weighted by atomic mass is 9.81. The van der Waals surface area contributed by atoms with Gasteiger partial charge in [-0.15, -0.1) is 0 Å². The number of hydrogen-bond acceptors (Lipinski definition) is 5. The number of rotatable bonds is 5. The first-order valence-electron chi connectivity index (χ1n) is 9.91. The molecule has 1 saturated heterocycles. The lowest BCUT2D eigenvalue weighted by Crippen LogP contribution is -2.41. The van der Waals surface area contributed by atoms with E-state index in [-0.39, 0.29) is 5.92 Å². The average Bonchev–Trinajstić information content (AvgIpc) is 2.64. The second-order valence-electron chi connectivity index (χ2n) is 7.60. The van der Waals surface area contributed by atoms with Crippen molar-refractivity contribution in [2.24, 2.45) is 11.7 Å². The van der Waals surface area contributed by atoms with E-state index in [0.717, 1.165) is 45.2 Å². The molecule has 3 fully saturated rings. The van der Waals surface area contributed by atoms with Crippen LogP contribution in [0.4, 0.5) is 0 Å². The van der Waals surface area contributed by atoms with Crippen molar-refractivity contribution in [1.82, 2.24) is 10.6 Å². The third kappa shape index (κ3) is 4.75. The first-order valence-corrected chi connectivity index (χ1v) is 9.91. The number of carbonyl (C=O) groups excluding carboxylic acids is 1. The molecule has 0 aromatic heterocycles. The Bertz CT molecular complexity index is 510. The number of nitrogens with one attached hydrogen (secondary N) is 3. The topological polar surface area (TPSA) is 100 Å². The van der Waals surface area contributed by atoms with Gasteiger partial charge < -0.3 is 26.5 Å². The van der Waals surface area contributed by atoms with E-state index in [2.05, 4.69) is 10.6 Å². The lowest BCUT2D eigenvalue weighted by molar-refractivity contribution is -0.114. The molecule has 1 heterocycles. The van der Waals surface area contributed by atoms with Gasteiger partial charge in [-0.1, -0.05) is 19.3 Å². The molecule has 0 aromatic carbocycles. The number of ether oxygens (including phenoxy) is 1. The summed E-state index contributed by atoms with van der Waals surface area (Å²) >= 11 is 0. The minimum atomic E-state index is -0.512. The normalized spacial score (nSPS) is 27.9. The van der Waals surface area contributed by atoms with E-state index >= 15 is 0 Å². The fourth-order valence-corrected chi connectivity index (χ4v) is 4.31. The molecule has 25 heavy (non-hydrogen) atoms. The fourth-order valence-electron chi connectivity index (χ4n) is 4.31. The Morgan fingerprint density at radius 3 is 2.12 bits per heavy atom. The van der Waals surface area contributed by atoms with E-state index in [4.69, 9.17) is 15.9 Å². The Kier molecular flexibility index (Phi) is 6.34. The zero-order valence-electron chi connectivity index (χ0n) is 15.1. The smallest absolute Gasteiger partial charge is 0.254 e. The van der Waals surface area contributed by atoms with Gasteiger partial charge >= 0.3 is 0 Å². The summed E-state index contributed by atoms with van der Waals surface area (Å²) in [5, 5.41) is 14.9. The van der Waals surface area contributed by atoms with Gasteiger partial charge in [0.25, 0.3) is 5.91 Å². The van der Waals surface area contributed by atoms with Crippen LogP contribution in [0, 0.1) is 11.3 Å². The molecule has 1 amide bonds. The van der Waals surface area contributed by atoms with E-state index in [0.29, 0.717) is 29.3 Å². The van der Waals surface area contributed by atoms with Gasteiger partial charge in [-0.3, -0.25) is 4.79 Å². The second-order valence-corrected chi connectivity index (χ2v) is 7.60. The van der Waals surface area contributed by atoms with Crippen LogP contribution in [0.3, 0.4) is 0 Å². The molecular formula is C19H32N4O2. The van der Waals surface area contributed by atoms with Gasteiger partial charge in [0.1, 0.15) is 11.4 Å². The van der Waals surface area contributed by atoms with Crippen molar-refractivity contribution in [3.8, 4) is 0 Å². The molecule has 140 valence electrons. The number of primary amides is 1. The van der Waals surface area contributed by atoms with Crippen molar-refractivity contribution in [2.45, 2.75) is 76.4 Å². The summed E-state index contributed by atoms with van der Waals surface area (Å²) in [5.74, 6) is 0.235. The minimum Gasteiger partial charge on any atom is -0.375 e. The standard InChI is InChI=1S/C19H32N4O2/c20-17(16(18(21)24)19-22-11-4-12-23-19)13-7-9-15(10-8-13)25-14-5-2-1-3-6-14/h13-15,20,22-23H,1-12H2,(H2,21,24). The maximum Gasteiger partial charge on any atom is 0.254 e. The summed E-state index contributed by atoms with van der Waals surface area (Å²) in [7, 11) is 0. The van der Waals surface area contributed by atoms with Gasteiger partial charge in [0.05, 0.1) is 17.9 Å². The van der Waals surface area contributed by atoms with Crippen LogP contribution in [0.15, 0.2) is 11.4 Å². The van der Waals surface area contributed by atoms with Crippen LogP contribution in [0.2, 0.25) is 0 Å². The van der Waals surface area contributed by atoms with E-state index < -0.39 is 5.91 Å². The zero-order valence-corrected chi connectivity index (χ0v) is 15.1. The molecular weight excluding hydrogens is 316 g/mol. The van der Waals surface area contributed by atoms with Crippen LogP contribution < -0.4 is 16.4 Å². The molecule has 5 N–H and O–H groups in total. The highest BCUT2D eigenvalue weighted by Gasteiger charge is 2.31. The summed E-state index contributed by atoms with van der Waals surface area (Å²) < 4.78 is 6.29. The quantitative estimate of drug-likeness (QED) is 0.452. The lowest BCUT2D eigenvalue weighted by Gasteiger charge is -2.33. The SMILES string of the molecule is N=C(C(C(N)=O)=C1NCCCN1)C1CCC(OC2CCCCC2)CC1. The number of nitrogens with two attached hydrogens (primary N) is 1. The third-order valence-electron chi connectivity index (χ3n) is 5.74. The fraction of sp³-hybridized carbons (Fsp3) is 0.789. The van der Waals surface area contributed by atoms with Crippen LogP contribution in [0.25, 0.3) is 0 Å². The highest BCUT2D eigenvalue weighted by Crippen LogP contribution is 2.32.